The minimum atomic E-state index is -0.0848. The summed E-state index contributed by atoms with van der Waals surface area (Å²) in [6.45, 7) is 8.55. The van der Waals surface area contributed by atoms with E-state index in [0.29, 0.717) is 0 Å². The van der Waals surface area contributed by atoms with Gasteiger partial charge in [-0.05, 0) is 39.8 Å². The van der Waals surface area contributed by atoms with Crippen LogP contribution in [0.5, 0.6) is 0 Å². The fraction of sp³-hybridized carbons (Fsp3) is 0.706. The van der Waals surface area contributed by atoms with Gasteiger partial charge in [-0.1, -0.05) is 0 Å². The molecule has 0 saturated carbocycles. The van der Waals surface area contributed by atoms with Crippen molar-refractivity contribution in [1.29, 1.82) is 0 Å². The van der Waals surface area contributed by atoms with Crippen LogP contribution in [0.2, 0.25) is 0 Å². The fourth-order valence-corrected chi connectivity index (χ4v) is 3.90. The van der Waals surface area contributed by atoms with E-state index in [9.17, 15) is 9.59 Å². The fourth-order valence-electron chi connectivity index (χ4n) is 3.90. The molecule has 3 rings (SSSR count). The van der Waals surface area contributed by atoms with Crippen molar-refractivity contribution in [3.8, 4) is 0 Å². The Morgan fingerprint density at radius 2 is 2.08 bits per heavy atom. The molecule has 2 aliphatic rings. The maximum atomic E-state index is 12.4. The van der Waals surface area contributed by atoms with E-state index in [2.05, 4.69) is 15.3 Å². The first kappa shape index (κ1) is 17.0. The molecule has 1 unspecified atom stereocenters. The van der Waals surface area contributed by atoms with Gasteiger partial charge in [0.1, 0.15) is 6.54 Å². The number of carbonyl (C=O) groups is 2. The Labute approximate surface area is 143 Å². The summed E-state index contributed by atoms with van der Waals surface area (Å²) in [7, 11) is 2.00. The van der Waals surface area contributed by atoms with Gasteiger partial charge >= 0.3 is 0 Å². The zero-order valence-electron chi connectivity index (χ0n) is 15.0. The van der Waals surface area contributed by atoms with Gasteiger partial charge < -0.3 is 10.2 Å². The predicted molar refractivity (Wildman–Crippen MR) is 90.3 cm³/mol. The molecule has 1 spiro atoms. The number of aryl methyl sites for hydroxylation is 1. The molecule has 24 heavy (non-hydrogen) atoms. The predicted octanol–water partition coefficient (Wildman–Crippen LogP) is 0.249. The lowest BCUT2D eigenvalue weighted by atomic mass is 9.77. The van der Waals surface area contributed by atoms with Crippen LogP contribution >= 0.6 is 0 Å². The average Bonchev–Trinajstić information content (AvgIpc) is 3.00. The molecule has 132 valence electrons. The van der Waals surface area contributed by atoms with Crippen molar-refractivity contribution in [2.75, 3.05) is 26.7 Å². The minimum Gasteiger partial charge on any atom is -0.353 e. The van der Waals surface area contributed by atoms with Gasteiger partial charge in [-0.15, -0.1) is 0 Å². The monoisotopic (exact) mass is 333 g/mol. The third kappa shape index (κ3) is 3.31. The summed E-state index contributed by atoms with van der Waals surface area (Å²) in [4.78, 5) is 28.7. The third-order valence-corrected chi connectivity index (χ3v) is 4.94. The SMILES string of the molecule is Cc1cnn(CC(=O)N2CC3(CC(C(=O)NC(C)C)N(C)C3)C2)c1. The summed E-state index contributed by atoms with van der Waals surface area (Å²) >= 11 is 0. The number of amides is 2. The highest BCUT2D eigenvalue weighted by Gasteiger charge is 2.53. The summed E-state index contributed by atoms with van der Waals surface area (Å²) in [5, 5.41) is 7.17. The molecule has 1 aromatic heterocycles. The van der Waals surface area contributed by atoms with Crippen LogP contribution in [-0.4, -0.2) is 70.2 Å². The molecular weight excluding hydrogens is 306 g/mol. The van der Waals surface area contributed by atoms with Crippen molar-refractivity contribution in [3.05, 3.63) is 18.0 Å². The Kier molecular flexibility index (Phi) is 4.38. The van der Waals surface area contributed by atoms with Gasteiger partial charge in [0.05, 0.1) is 12.2 Å². The van der Waals surface area contributed by atoms with Crippen LogP contribution in [0.3, 0.4) is 0 Å². The quantitative estimate of drug-likeness (QED) is 0.857. The van der Waals surface area contributed by atoms with E-state index >= 15 is 0 Å². The van der Waals surface area contributed by atoms with Crippen molar-refractivity contribution in [3.63, 3.8) is 0 Å². The second kappa shape index (κ2) is 6.20. The number of likely N-dealkylation sites (tertiary alicyclic amines) is 2. The maximum absolute atomic E-state index is 12.4. The van der Waals surface area contributed by atoms with Gasteiger partial charge in [-0.3, -0.25) is 19.2 Å². The first-order valence-electron chi connectivity index (χ1n) is 8.55. The number of nitrogens with one attached hydrogen (secondary N) is 1. The lowest BCUT2D eigenvalue weighted by Gasteiger charge is -2.48. The standard InChI is InChI=1S/C17H27N5O2/c1-12(2)19-16(24)14-5-17(9-20(14)4)10-21(11-17)15(23)8-22-7-13(3)6-18-22/h6-7,12,14H,5,8-11H2,1-4H3,(H,19,24). The Balaban J connectivity index is 1.53. The van der Waals surface area contributed by atoms with Gasteiger partial charge in [0.25, 0.3) is 0 Å². The zero-order valence-corrected chi connectivity index (χ0v) is 15.0. The van der Waals surface area contributed by atoms with Gasteiger partial charge in [0.2, 0.25) is 11.8 Å². The van der Waals surface area contributed by atoms with Crippen LogP contribution < -0.4 is 5.32 Å². The van der Waals surface area contributed by atoms with E-state index in [1.54, 1.807) is 10.9 Å². The summed E-state index contributed by atoms with van der Waals surface area (Å²) < 4.78 is 1.68. The summed E-state index contributed by atoms with van der Waals surface area (Å²) in [6, 6.07) is 0.0675. The molecule has 0 radical (unpaired) electrons. The molecular formula is C17H27N5O2. The van der Waals surface area contributed by atoms with E-state index in [4.69, 9.17) is 0 Å². The maximum Gasteiger partial charge on any atom is 0.244 e. The number of hydrogen-bond donors (Lipinski definition) is 1. The Morgan fingerprint density at radius 1 is 1.38 bits per heavy atom. The Hall–Kier alpha value is -1.89. The minimum absolute atomic E-state index is 0.0728. The van der Waals surface area contributed by atoms with E-state index in [1.807, 2.05) is 38.9 Å². The number of carbonyl (C=O) groups excluding carboxylic acids is 2. The number of aromatic nitrogens is 2. The molecule has 7 nitrogen and oxygen atoms in total. The number of rotatable bonds is 4. The van der Waals surface area contributed by atoms with Crippen LogP contribution in [0.1, 0.15) is 25.8 Å². The molecule has 7 heteroatoms. The normalized spacial score (nSPS) is 22.9. The zero-order chi connectivity index (χ0) is 17.5. The van der Waals surface area contributed by atoms with E-state index in [-0.39, 0.29) is 35.9 Å². The summed E-state index contributed by atoms with van der Waals surface area (Å²) in [5.41, 5.74) is 1.13. The van der Waals surface area contributed by atoms with Crippen molar-refractivity contribution in [2.45, 2.75) is 45.8 Å². The number of likely N-dealkylation sites (N-methyl/N-ethyl adjacent to an activating group) is 1. The van der Waals surface area contributed by atoms with E-state index in [0.717, 1.165) is 31.6 Å². The molecule has 1 atom stereocenters. The summed E-state index contributed by atoms with van der Waals surface area (Å²) in [5.74, 6) is 0.197. The average molecular weight is 333 g/mol. The largest absolute Gasteiger partial charge is 0.353 e. The van der Waals surface area contributed by atoms with Gasteiger partial charge in [-0.2, -0.15) is 5.10 Å². The van der Waals surface area contributed by atoms with E-state index in [1.165, 1.54) is 0 Å². The smallest absolute Gasteiger partial charge is 0.244 e. The number of hydrogen-bond acceptors (Lipinski definition) is 4. The van der Waals surface area contributed by atoms with Crippen molar-refractivity contribution < 1.29 is 9.59 Å². The third-order valence-electron chi connectivity index (χ3n) is 4.94. The van der Waals surface area contributed by atoms with Gasteiger partial charge in [0, 0.05) is 37.3 Å². The highest BCUT2D eigenvalue weighted by Crippen LogP contribution is 2.42. The first-order valence-corrected chi connectivity index (χ1v) is 8.55. The molecule has 3 heterocycles. The van der Waals surface area contributed by atoms with Crippen molar-refractivity contribution >= 4 is 11.8 Å². The Morgan fingerprint density at radius 3 is 2.67 bits per heavy atom. The lowest BCUT2D eigenvalue weighted by Crippen LogP contribution is -2.60. The number of nitrogens with zero attached hydrogens (tertiary/aromatic N) is 4. The molecule has 0 aliphatic carbocycles. The molecule has 2 aliphatic heterocycles. The topological polar surface area (TPSA) is 70.5 Å². The van der Waals surface area contributed by atoms with E-state index < -0.39 is 0 Å². The second-order valence-corrected chi connectivity index (χ2v) is 7.76. The molecule has 0 aromatic carbocycles. The Bertz CT molecular complexity index is 633. The van der Waals surface area contributed by atoms with Crippen LogP contribution in [0, 0.1) is 12.3 Å². The van der Waals surface area contributed by atoms with Gasteiger partial charge in [-0.25, -0.2) is 0 Å². The van der Waals surface area contributed by atoms with Crippen LogP contribution in [0.4, 0.5) is 0 Å². The van der Waals surface area contributed by atoms with Gasteiger partial charge in [0.15, 0.2) is 0 Å². The van der Waals surface area contributed by atoms with Crippen molar-refractivity contribution in [1.82, 2.24) is 24.9 Å². The first-order chi connectivity index (χ1) is 11.3. The molecule has 2 saturated heterocycles. The molecule has 1 aromatic rings. The second-order valence-electron chi connectivity index (χ2n) is 7.76. The van der Waals surface area contributed by atoms with Crippen LogP contribution in [0.15, 0.2) is 12.4 Å². The summed E-state index contributed by atoms with van der Waals surface area (Å²) in [6.07, 6.45) is 4.46. The highest BCUT2D eigenvalue weighted by atomic mass is 16.2. The van der Waals surface area contributed by atoms with Crippen LogP contribution in [0.25, 0.3) is 0 Å². The lowest BCUT2D eigenvalue weighted by molar-refractivity contribution is -0.143. The highest BCUT2D eigenvalue weighted by molar-refractivity contribution is 5.83. The van der Waals surface area contributed by atoms with Crippen LogP contribution in [-0.2, 0) is 16.1 Å². The molecule has 1 N–H and O–H groups in total. The molecule has 2 fully saturated rings. The molecule has 2 amide bonds. The molecule has 0 bridgehead atoms. The van der Waals surface area contributed by atoms with Crippen molar-refractivity contribution in [2.24, 2.45) is 5.41 Å².